The summed E-state index contributed by atoms with van der Waals surface area (Å²) in [6.45, 7) is 3.97. The van der Waals surface area contributed by atoms with E-state index in [0.29, 0.717) is 6.61 Å². The third kappa shape index (κ3) is 15.7. The van der Waals surface area contributed by atoms with Gasteiger partial charge in [0.1, 0.15) is 0 Å². The minimum absolute atomic E-state index is 0. The number of rotatable bonds is 2. The van der Waals surface area contributed by atoms with Crippen LogP contribution in [0.15, 0.2) is 0 Å². The maximum absolute atomic E-state index is 10.0. The number of hydrogen-bond acceptors (Lipinski definition) is 2. The van der Waals surface area contributed by atoms with E-state index in [1.807, 2.05) is 6.92 Å². The van der Waals surface area contributed by atoms with Gasteiger partial charge in [-0.25, -0.2) is 0 Å². The molecule has 0 aliphatic carbocycles. The van der Waals surface area contributed by atoms with Crippen molar-refractivity contribution >= 4 is 8.03 Å². The van der Waals surface area contributed by atoms with Gasteiger partial charge in [0.25, 0.3) is 0 Å². The molecule has 0 aliphatic rings. The van der Waals surface area contributed by atoms with Crippen LogP contribution in [0.25, 0.3) is 0 Å². The molecule has 0 aromatic carbocycles. The summed E-state index contributed by atoms with van der Waals surface area (Å²) in [6, 6.07) is 0. The van der Waals surface area contributed by atoms with Crippen LogP contribution in [0.3, 0.4) is 0 Å². The molecule has 0 aromatic rings. The van der Waals surface area contributed by atoms with Gasteiger partial charge in [-0.1, -0.05) is 0 Å². The monoisotopic (exact) mass is 212 g/mol. The minimum Gasteiger partial charge on any atom is -0.358 e. The van der Waals surface area contributed by atoms with Crippen molar-refractivity contribution in [3.05, 3.63) is 7.43 Å². The van der Waals surface area contributed by atoms with Crippen molar-refractivity contribution in [2.75, 3.05) is 13.3 Å². The Balaban J connectivity index is -0.000000125. The van der Waals surface area contributed by atoms with E-state index >= 15 is 0 Å². The van der Waals surface area contributed by atoms with Crippen LogP contribution in [-0.2, 0) is 41.8 Å². The minimum atomic E-state index is -1.64. The largest absolute Gasteiger partial charge is 0.358 e. The molecule has 1 radical (unpaired) electrons. The molecule has 0 aliphatic heterocycles. The van der Waals surface area contributed by atoms with Crippen molar-refractivity contribution in [3.8, 4) is 0 Å². The van der Waals surface area contributed by atoms with E-state index in [4.69, 9.17) is 0 Å². The Labute approximate surface area is 77.1 Å². The molecule has 1 atom stereocenters. The summed E-state index contributed by atoms with van der Waals surface area (Å²) in [7, 11) is -1.64. The normalized spacial score (nSPS) is 10.8. The van der Waals surface area contributed by atoms with Gasteiger partial charge in [-0.3, -0.25) is 4.57 Å². The Morgan fingerprint density at radius 1 is 1.62 bits per heavy atom. The first kappa shape index (κ1) is 16.1. The van der Waals surface area contributed by atoms with E-state index in [1.165, 1.54) is 0 Å². The Morgan fingerprint density at radius 2 is 2.00 bits per heavy atom. The van der Waals surface area contributed by atoms with Gasteiger partial charge in [0.15, 0.2) is 8.03 Å². The van der Waals surface area contributed by atoms with Crippen molar-refractivity contribution in [2.45, 2.75) is 6.92 Å². The van der Waals surface area contributed by atoms with Gasteiger partial charge in [0.2, 0.25) is 0 Å². The fraction of sp³-hybridized carbons (Fsp3) is 0.750. The van der Waals surface area contributed by atoms with Gasteiger partial charge in [0, 0.05) is 39.4 Å². The molecular formula is C4H12O2PY-. The van der Waals surface area contributed by atoms with E-state index in [9.17, 15) is 4.57 Å². The summed E-state index contributed by atoms with van der Waals surface area (Å²) < 4.78 is 14.6. The van der Waals surface area contributed by atoms with Gasteiger partial charge in [-0.2, -0.15) is 0 Å². The van der Waals surface area contributed by atoms with E-state index in [-0.39, 0.29) is 40.1 Å². The summed E-state index contributed by atoms with van der Waals surface area (Å²) in [5.74, 6) is 0. The molecule has 0 aromatic heterocycles. The van der Waals surface area contributed by atoms with Crippen molar-refractivity contribution < 1.29 is 41.8 Å². The average Bonchev–Trinajstić information content (AvgIpc) is 1.35. The molecule has 0 saturated carbocycles. The second-order valence-electron chi connectivity index (χ2n) is 0.925. The summed E-state index contributed by atoms with van der Waals surface area (Å²) in [4.78, 5) is 0. The van der Waals surface area contributed by atoms with E-state index in [0.717, 1.165) is 0 Å². The predicted molar refractivity (Wildman–Crippen MR) is 33.0 cm³/mol. The van der Waals surface area contributed by atoms with Crippen LogP contribution in [0.2, 0.25) is 0 Å². The predicted octanol–water partition coefficient (Wildman–Crippen LogP) is 1.58. The third-order valence-electron chi connectivity index (χ3n) is 0.348. The molecule has 0 N–H and O–H groups in total. The Kier molecular flexibility index (Phi) is 22.5. The van der Waals surface area contributed by atoms with Crippen molar-refractivity contribution in [1.29, 1.82) is 0 Å². The second kappa shape index (κ2) is 11.1. The molecule has 4 heteroatoms. The first-order valence-corrected chi connectivity index (χ1v) is 3.72. The van der Waals surface area contributed by atoms with E-state index in [2.05, 4.69) is 4.52 Å². The van der Waals surface area contributed by atoms with Crippen molar-refractivity contribution in [3.63, 3.8) is 0 Å². The molecular weight excluding hydrogens is 200 g/mol. The zero-order chi connectivity index (χ0) is 4.99. The summed E-state index contributed by atoms with van der Waals surface area (Å²) >= 11 is 0. The van der Waals surface area contributed by atoms with Crippen LogP contribution in [-0.4, -0.2) is 13.3 Å². The molecule has 0 heterocycles. The molecule has 0 spiro atoms. The molecule has 2 nitrogen and oxygen atoms in total. The summed E-state index contributed by atoms with van der Waals surface area (Å²) in [5.41, 5.74) is 0. The molecule has 0 saturated heterocycles. The molecule has 1 unspecified atom stereocenters. The smallest absolute Gasteiger partial charge is 0.188 e. The van der Waals surface area contributed by atoms with E-state index in [1.54, 1.807) is 6.66 Å². The zero-order valence-electron chi connectivity index (χ0n) is 5.60. The van der Waals surface area contributed by atoms with Gasteiger partial charge in [-0.15, -0.1) is 0 Å². The fourth-order valence-electron chi connectivity index (χ4n) is 0.203. The van der Waals surface area contributed by atoms with Gasteiger partial charge in [0.05, 0.1) is 6.61 Å². The third-order valence-corrected chi connectivity index (χ3v) is 1.04. The Bertz CT molecular complexity index is 58.0. The first-order chi connectivity index (χ1) is 2.77. The molecule has 8 heavy (non-hydrogen) atoms. The second-order valence-corrected chi connectivity index (χ2v) is 2.20. The van der Waals surface area contributed by atoms with Gasteiger partial charge >= 0.3 is 0 Å². The number of hydrogen-bond donors (Lipinski definition) is 0. The van der Waals surface area contributed by atoms with Crippen LogP contribution in [0.5, 0.6) is 0 Å². The average molecular weight is 212 g/mol. The Morgan fingerprint density at radius 3 is 2.00 bits per heavy atom. The molecule has 0 fully saturated rings. The maximum Gasteiger partial charge on any atom is 0.188 e. The van der Waals surface area contributed by atoms with Crippen molar-refractivity contribution in [1.82, 2.24) is 0 Å². The van der Waals surface area contributed by atoms with Crippen LogP contribution < -0.4 is 0 Å². The van der Waals surface area contributed by atoms with E-state index < -0.39 is 8.03 Å². The summed E-state index contributed by atoms with van der Waals surface area (Å²) in [5, 5.41) is 0. The topological polar surface area (TPSA) is 26.3 Å². The quantitative estimate of drug-likeness (QED) is 0.513. The SMILES string of the molecule is CCO[PH](C)=O.[CH3-].[Y]. The molecule has 49 valence electrons. The molecule has 0 bridgehead atoms. The molecule has 0 amide bonds. The summed E-state index contributed by atoms with van der Waals surface area (Å²) in [6.07, 6.45) is 0. The van der Waals surface area contributed by atoms with Crippen molar-refractivity contribution in [2.24, 2.45) is 0 Å². The van der Waals surface area contributed by atoms with Gasteiger partial charge < -0.3 is 12.0 Å². The van der Waals surface area contributed by atoms with Crippen LogP contribution in [0.1, 0.15) is 6.92 Å². The van der Waals surface area contributed by atoms with Crippen LogP contribution in [0, 0.1) is 7.43 Å². The fourth-order valence-corrected chi connectivity index (χ4v) is 0.610. The van der Waals surface area contributed by atoms with Crippen LogP contribution >= 0.6 is 8.03 Å². The zero-order valence-corrected chi connectivity index (χ0v) is 9.44. The maximum atomic E-state index is 10.0. The Hall–Kier alpha value is 1.29. The van der Waals surface area contributed by atoms with Crippen LogP contribution in [0.4, 0.5) is 0 Å². The standard InChI is InChI=1S/C3H9O2P.CH3.Y/c1-3-5-6(2)4;;/h6H,3H2,1-2H3;1H3;/q;-1;. The van der Waals surface area contributed by atoms with Gasteiger partial charge in [-0.05, 0) is 6.92 Å². The molecule has 0 rings (SSSR count). The first-order valence-electron chi connectivity index (χ1n) is 1.90.